The Morgan fingerprint density at radius 2 is 0.667 bits per heavy atom. The van der Waals surface area contributed by atoms with Crippen LogP contribution in [-0.4, -0.2) is 47.4 Å². The monoisotopic (exact) mass is 1050 g/mol. The van der Waals surface area contributed by atoms with Crippen LogP contribution in [0.3, 0.4) is 0 Å². The van der Waals surface area contributed by atoms with Gasteiger partial charge in [-0.3, -0.25) is 9.59 Å². The maximum absolute atomic E-state index is 12.5. The lowest BCUT2D eigenvalue weighted by Crippen LogP contribution is -2.45. The molecule has 0 aliphatic heterocycles. The summed E-state index contributed by atoms with van der Waals surface area (Å²) in [5.74, 6) is -0.0602. The average Bonchev–Trinajstić information content (AvgIpc) is 3.41. The van der Waals surface area contributed by atoms with Gasteiger partial charge < -0.3 is 20.3 Å². The van der Waals surface area contributed by atoms with Gasteiger partial charge >= 0.3 is 5.97 Å². The second-order valence-electron chi connectivity index (χ2n) is 23.2. The maximum Gasteiger partial charge on any atom is 0.305 e. The standard InChI is InChI=1S/C69H131NO5/c1-3-5-7-9-11-13-15-17-19-20-28-31-34-37-41-45-49-53-57-61-67(72)66(65-71)70-68(73)62-58-54-50-46-42-38-35-32-29-26-24-22-21-23-25-27-30-33-36-40-44-48-52-56-60-64-75-69(74)63-59-55-51-47-43-39-18-16-14-12-10-8-6-4-2/h22-25,57,61,66-67,71-72H,3-21,26-56,58-60,62-65H2,1-2H3,(H,70,73)/b24-22-,25-23-,61-57+. The molecule has 0 spiro atoms. The van der Waals surface area contributed by atoms with Crippen molar-refractivity contribution in [3.05, 3.63) is 36.5 Å². The highest BCUT2D eigenvalue weighted by Gasteiger charge is 2.18. The molecule has 0 aliphatic rings. The van der Waals surface area contributed by atoms with Crippen molar-refractivity contribution in [1.82, 2.24) is 5.32 Å². The van der Waals surface area contributed by atoms with Crippen molar-refractivity contribution in [2.45, 2.75) is 379 Å². The topological polar surface area (TPSA) is 95.9 Å². The molecule has 0 aromatic rings. The lowest BCUT2D eigenvalue weighted by molar-refractivity contribution is -0.143. The molecule has 0 heterocycles. The molecule has 3 N–H and O–H groups in total. The molecule has 2 unspecified atom stereocenters. The smallest absolute Gasteiger partial charge is 0.305 e. The second kappa shape index (κ2) is 64.6. The van der Waals surface area contributed by atoms with Gasteiger partial charge in [0, 0.05) is 12.8 Å². The Kier molecular flexibility index (Phi) is 63.0. The largest absolute Gasteiger partial charge is 0.466 e. The van der Waals surface area contributed by atoms with Crippen LogP contribution >= 0.6 is 0 Å². The zero-order valence-corrected chi connectivity index (χ0v) is 50.5. The number of hydrogen-bond acceptors (Lipinski definition) is 5. The summed E-state index contributed by atoms with van der Waals surface area (Å²) in [6, 6.07) is -0.633. The number of unbranched alkanes of at least 4 members (excludes halogenated alkanes) is 48. The number of aliphatic hydroxyl groups is 2. The Balaban J connectivity index is 3.45. The molecule has 0 aliphatic carbocycles. The van der Waals surface area contributed by atoms with Crippen molar-refractivity contribution < 1.29 is 24.5 Å². The number of allylic oxidation sites excluding steroid dienone is 5. The summed E-state index contributed by atoms with van der Waals surface area (Å²) in [5, 5.41) is 23.2. The summed E-state index contributed by atoms with van der Waals surface area (Å²) in [4.78, 5) is 24.6. The first-order valence-electron chi connectivity index (χ1n) is 33.8. The number of rotatable bonds is 63. The summed E-state index contributed by atoms with van der Waals surface area (Å²) < 4.78 is 5.48. The van der Waals surface area contributed by atoms with E-state index >= 15 is 0 Å². The zero-order chi connectivity index (χ0) is 54.3. The highest BCUT2D eigenvalue weighted by molar-refractivity contribution is 5.76. The fraction of sp³-hybridized carbons (Fsp3) is 0.884. The summed E-state index contributed by atoms with van der Waals surface area (Å²) in [6.45, 7) is 4.93. The fourth-order valence-electron chi connectivity index (χ4n) is 10.5. The highest BCUT2D eigenvalue weighted by atomic mass is 16.5. The zero-order valence-electron chi connectivity index (χ0n) is 50.5. The Labute approximate surface area is 468 Å². The van der Waals surface area contributed by atoms with Crippen LogP contribution in [0.5, 0.6) is 0 Å². The number of aliphatic hydroxyl groups excluding tert-OH is 2. The van der Waals surface area contributed by atoms with E-state index in [0.717, 1.165) is 44.9 Å². The first kappa shape index (κ1) is 73.1. The third kappa shape index (κ3) is 61.2. The lowest BCUT2D eigenvalue weighted by atomic mass is 10.0. The molecule has 0 saturated heterocycles. The van der Waals surface area contributed by atoms with E-state index in [4.69, 9.17) is 4.74 Å². The third-order valence-electron chi connectivity index (χ3n) is 15.7. The van der Waals surface area contributed by atoms with Crippen LogP contribution in [0.4, 0.5) is 0 Å². The second-order valence-corrected chi connectivity index (χ2v) is 23.2. The quantitative estimate of drug-likeness (QED) is 0.0320. The van der Waals surface area contributed by atoms with Gasteiger partial charge in [-0.2, -0.15) is 0 Å². The lowest BCUT2D eigenvalue weighted by Gasteiger charge is -2.20. The van der Waals surface area contributed by atoms with Gasteiger partial charge in [0.05, 0.1) is 25.4 Å². The molecular formula is C69H131NO5. The molecule has 0 aromatic carbocycles. The van der Waals surface area contributed by atoms with E-state index in [1.54, 1.807) is 6.08 Å². The molecule has 2 atom stereocenters. The van der Waals surface area contributed by atoms with Crippen molar-refractivity contribution in [3.63, 3.8) is 0 Å². The van der Waals surface area contributed by atoms with Crippen molar-refractivity contribution in [2.75, 3.05) is 13.2 Å². The molecule has 1 amide bonds. The van der Waals surface area contributed by atoms with E-state index in [9.17, 15) is 19.8 Å². The van der Waals surface area contributed by atoms with E-state index in [1.165, 1.54) is 295 Å². The third-order valence-corrected chi connectivity index (χ3v) is 15.7. The molecule has 0 bridgehead atoms. The van der Waals surface area contributed by atoms with Crippen LogP contribution in [-0.2, 0) is 14.3 Å². The van der Waals surface area contributed by atoms with Crippen LogP contribution in [0, 0.1) is 0 Å². The van der Waals surface area contributed by atoms with E-state index in [1.807, 2.05) is 6.08 Å². The van der Waals surface area contributed by atoms with Gasteiger partial charge in [0.2, 0.25) is 5.91 Å². The Hall–Kier alpha value is -1.92. The number of hydrogen-bond donors (Lipinski definition) is 3. The number of esters is 1. The average molecular weight is 1050 g/mol. The molecule has 0 saturated carbocycles. The number of ether oxygens (including phenoxy) is 1. The number of carbonyl (C=O) groups excluding carboxylic acids is 2. The normalized spacial score (nSPS) is 12.7. The minimum absolute atomic E-state index is 0.0111. The number of amides is 1. The molecule has 0 rings (SSSR count). The Morgan fingerprint density at radius 3 is 1.01 bits per heavy atom. The predicted molar refractivity (Wildman–Crippen MR) is 329 cm³/mol. The van der Waals surface area contributed by atoms with Gasteiger partial charge in [0.25, 0.3) is 0 Å². The molecule has 75 heavy (non-hydrogen) atoms. The van der Waals surface area contributed by atoms with Crippen LogP contribution in [0.25, 0.3) is 0 Å². The van der Waals surface area contributed by atoms with Gasteiger partial charge in [0.15, 0.2) is 0 Å². The van der Waals surface area contributed by atoms with Crippen molar-refractivity contribution >= 4 is 11.9 Å². The predicted octanol–water partition coefficient (Wildman–Crippen LogP) is 21.5. The SMILES string of the molecule is CCCCCCCCCCCCCCCCCCC/C=C/C(O)C(CO)NC(=O)CCCCCCCCCCC/C=C\C/C=C\CCCCCCCCCCCOC(=O)CCCCCCCCCCCCCCCC. The number of carbonyl (C=O) groups is 2. The van der Waals surface area contributed by atoms with Gasteiger partial charge in [-0.1, -0.05) is 326 Å². The van der Waals surface area contributed by atoms with Crippen molar-refractivity contribution in [1.29, 1.82) is 0 Å². The van der Waals surface area contributed by atoms with Crippen molar-refractivity contribution in [2.24, 2.45) is 0 Å². The summed E-state index contributed by atoms with van der Waals surface area (Å²) in [5.41, 5.74) is 0. The molecule has 0 fully saturated rings. The minimum atomic E-state index is -0.849. The molecule has 0 radical (unpaired) electrons. The van der Waals surface area contributed by atoms with Gasteiger partial charge in [-0.25, -0.2) is 0 Å². The molecule has 442 valence electrons. The first-order chi connectivity index (χ1) is 37.0. The van der Waals surface area contributed by atoms with Crippen LogP contribution < -0.4 is 5.32 Å². The van der Waals surface area contributed by atoms with E-state index in [0.29, 0.717) is 19.4 Å². The molecule has 0 aromatic heterocycles. The number of nitrogens with one attached hydrogen (secondary N) is 1. The maximum atomic E-state index is 12.5. The van der Waals surface area contributed by atoms with Crippen LogP contribution in [0.2, 0.25) is 0 Å². The Bertz CT molecular complexity index is 1210. The van der Waals surface area contributed by atoms with Gasteiger partial charge in [0.1, 0.15) is 0 Å². The molecule has 6 nitrogen and oxygen atoms in total. The minimum Gasteiger partial charge on any atom is -0.466 e. The van der Waals surface area contributed by atoms with Crippen LogP contribution in [0.15, 0.2) is 36.5 Å². The van der Waals surface area contributed by atoms with Gasteiger partial charge in [-0.15, -0.1) is 0 Å². The van der Waals surface area contributed by atoms with E-state index < -0.39 is 12.1 Å². The van der Waals surface area contributed by atoms with E-state index in [2.05, 4.69) is 43.5 Å². The fourth-order valence-corrected chi connectivity index (χ4v) is 10.5. The highest BCUT2D eigenvalue weighted by Crippen LogP contribution is 2.18. The van der Waals surface area contributed by atoms with Gasteiger partial charge in [-0.05, 0) is 64.2 Å². The van der Waals surface area contributed by atoms with Crippen LogP contribution in [0.1, 0.15) is 367 Å². The van der Waals surface area contributed by atoms with E-state index in [-0.39, 0.29) is 18.5 Å². The van der Waals surface area contributed by atoms with Crippen molar-refractivity contribution in [3.8, 4) is 0 Å². The summed E-state index contributed by atoms with van der Waals surface area (Å²) in [7, 11) is 0. The Morgan fingerprint density at radius 1 is 0.373 bits per heavy atom. The summed E-state index contributed by atoms with van der Waals surface area (Å²) >= 11 is 0. The first-order valence-corrected chi connectivity index (χ1v) is 33.8. The summed E-state index contributed by atoms with van der Waals surface area (Å²) in [6.07, 6.45) is 82.0. The molecular weight excluding hydrogens is 923 g/mol. The molecule has 6 heteroatoms.